The van der Waals surface area contributed by atoms with Gasteiger partial charge in [-0.2, -0.15) is 8.42 Å². The molecule has 3 N–H and O–H groups in total. The second kappa shape index (κ2) is 2.85. The SMILES string of the molecule is NS(=O)(=O)O.[Bi]. The van der Waals surface area contributed by atoms with Gasteiger partial charge in [0.05, 0.1) is 0 Å². The molecule has 0 atom stereocenters. The summed E-state index contributed by atoms with van der Waals surface area (Å²) in [5.41, 5.74) is 0. The van der Waals surface area contributed by atoms with Crippen LogP contribution in [0.25, 0.3) is 0 Å². The minimum atomic E-state index is -4.17. The third-order valence-electron chi connectivity index (χ3n) is 0. The van der Waals surface area contributed by atoms with Gasteiger partial charge in [0.1, 0.15) is 0 Å². The molecule has 0 unspecified atom stereocenters. The third kappa shape index (κ3) is 118. The minimum absolute atomic E-state index is 0. The van der Waals surface area contributed by atoms with Crippen LogP contribution in [0.5, 0.6) is 0 Å². The van der Waals surface area contributed by atoms with Crippen molar-refractivity contribution in [2.75, 3.05) is 0 Å². The summed E-state index contributed by atoms with van der Waals surface area (Å²) in [5.74, 6) is 0. The van der Waals surface area contributed by atoms with Crippen molar-refractivity contribution >= 4 is 36.5 Å². The van der Waals surface area contributed by atoms with Crippen LogP contribution in [0.3, 0.4) is 0 Å². The van der Waals surface area contributed by atoms with Crippen LogP contribution in [0.2, 0.25) is 0 Å². The van der Waals surface area contributed by atoms with Crippen LogP contribution in [0, 0.1) is 0 Å². The largest absolute Gasteiger partial charge is 0.330 e. The number of hydrogen-bond acceptors (Lipinski definition) is 2. The van der Waals surface area contributed by atoms with Gasteiger partial charge in [0.15, 0.2) is 0 Å². The average molecular weight is 306 g/mol. The van der Waals surface area contributed by atoms with Crippen LogP contribution < -0.4 is 5.14 Å². The molecule has 0 aromatic rings. The molecule has 0 aliphatic rings. The second-order valence-electron chi connectivity index (χ2n) is 0.515. The molecular formula is H3BiNO3S. The molecule has 6 heteroatoms. The minimum Gasteiger partial charge on any atom is -0.274 e. The molecule has 37 valence electrons. The summed E-state index contributed by atoms with van der Waals surface area (Å²) >= 11 is 0. The van der Waals surface area contributed by atoms with Crippen molar-refractivity contribution in [2.45, 2.75) is 0 Å². The first-order valence-electron chi connectivity index (χ1n) is 0.752. The summed E-state index contributed by atoms with van der Waals surface area (Å²) in [6, 6.07) is 0. The summed E-state index contributed by atoms with van der Waals surface area (Å²) in [6.45, 7) is 0. The van der Waals surface area contributed by atoms with E-state index in [2.05, 4.69) is 5.14 Å². The average Bonchev–Trinajstić information content (AvgIpc) is 0.722. The van der Waals surface area contributed by atoms with E-state index in [1.54, 1.807) is 0 Å². The molecule has 0 rings (SSSR count). The Morgan fingerprint density at radius 2 is 1.50 bits per heavy atom. The maximum absolute atomic E-state index is 8.97. The molecule has 0 aromatic carbocycles. The summed E-state index contributed by atoms with van der Waals surface area (Å²) in [7, 11) is -4.17. The Morgan fingerprint density at radius 1 is 1.50 bits per heavy atom. The van der Waals surface area contributed by atoms with Gasteiger partial charge < -0.3 is 0 Å². The molecule has 4 nitrogen and oxygen atoms in total. The number of nitrogens with two attached hydrogens (primary N) is 1. The molecule has 0 aliphatic carbocycles. The van der Waals surface area contributed by atoms with Gasteiger partial charge in [-0.1, -0.05) is 0 Å². The van der Waals surface area contributed by atoms with Crippen molar-refractivity contribution in [3.63, 3.8) is 0 Å². The zero-order chi connectivity index (χ0) is 4.50. The summed E-state index contributed by atoms with van der Waals surface area (Å²) in [6.07, 6.45) is 0. The zero-order valence-corrected chi connectivity index (χ0v) is 6.99. The van der Waals surface area contributed by atoms with Crippen LogP contribution >= 0.6 is 0 Å². The quantitative estimate of drug-likeness (QED) is 0.416. The van der Waals surface area contributed by atoms with Crippen LogP contribution in [-0.2, 0) is 10.3 Å². The molecule has 6 heavy (non-hydrogen) atoms. The summed E-state index contributed by atoms with van der Waals surface area (Å²) in [5, 5.41) is 3.88. The first-order valence-corrected chi connectivity index (χ1v) is 2.25. The van der Waals surface area contributed by atoms with Crippen molar-refractivity contribution < 1.29 is 13.0 Å². The van der Waals surface area contributed by atoms with Crippen molar-refractivity contribution in [1.29, 1.82) is 0 Å². The van der Waals surface area contributed by atoms with Crippen LogP contribution in [0.4, 0.5) is 0 Å². The monoisotopic (exact) mass is 306 g/mol. The van der Waals surface area contributed by atoms with Crippen molar-refractivity contribution in [2.24, 2.45) is 5.14 Å². The van der Waals surface area contributed by atoms with Gasteiger partial charge in [-0.05, 0) is 0 Å². The normalized spacial score (nSPS) is 9.67. The molecule has 0 bridgehead atoms. The Balaban J connectivity index is 0. The van der Waals surface area contributed by atoms with Crippen LogP contribution in [-0.4, -0.2) is 39.2 Å². The predicted octanol–water partition coefficient (Wildman–Crippen LogP) is -1.63. The summed E-state index contributed by atoms with van der Waals surface area (Å²) in [4.78, 5) is 0. The second-order valence-corrected chi connectivity index (χ2v) is 1.54. The number of rotatable bonds is 0. The summed E-state index contributed by atoms with van der Waals surface area (Å²) < 4.78 is 25.2. The Labute approximate surface area is 54.7 Å². The standard InChI is InChI=1S/Bi.H3NO3S/c;1-5(2,3)4/h;(H3,1,2,3,4). The maximum Gasteiger partial charge on any atom is 0.330 e. The Hall–Kier alpha value is 0.753. The van der Waals surface area contributed by atoms with Gasteiger partial charge in [0.25, 0.3) is 0 Å². The Morgan fingerprint density at radius 3 is 1.50 bits per heavy atom. The first kappa shape index (κ1) is 9.89. The predicted molar refractivity (Wildman–Crippen MR) is 21.5 cm³/mol. The molecule has 3 radical (unpaired) electrons. The molecule has 0 aliphatic heterocycles. The van der Waals surface area contributed by atoms with Gasteiger partial charge in [-0.25, -0.2) is 5.14 Å². The molecule has 0 spiro atoms. The Kier molecular flexibility index (Phi) is 4.70. The van der Waals surface area contributed by atoms with Crippen molar-refractivity contribution in [1.82, 2.24) is 0 Å². The number of hydrogen-bond donors (Lipinski definition) is 2. The zero-order valence-electron chi connectivity index (χ0n) is 2.70. The Bertz CT molecular complexity index is 94.0. The van der Waals surface area contributed by atoms with Crippen LogP contribution in [0.15, 0.2) is 0 Å². The molecule has 0 saturated heterocycles. The van der Waals surface area contributed by atoms with Crippen LogP contribution in [0.1, 0.15) is 0 Å². The van der Waals surface area contributed by atoms with E-state index >= 15 is 0 Å². The van der Waals surface area contributed by atoms with Gasteiger partial charge in [-0.3, -0.25) is 4.55 Å². The van der Waals surface area contributed by atoms with Crippen molar-refractivity contribution in [3.05, 3.63) is 0 Å². The van der Waals surface area contributed by atoms with Gasteiger partial charge >= 0.3 is 10.3 Å². The van der Waals surface area contributed by atoms with Gasteiger partial charge in [0, 0.05) is 26.2 Å². The van der Waals surface area contributed by atoms with E-state index in [0.717, 1.165) is 0 Å². The first-order chi connectivity index (χ1) is 2.00. The molecule has 0 heterocycles. The maximum atomic E-state index is 8.97. The molecular weight excluding hydrogens is 303 g/mol. The topological polar surface area (TPSA) is 80.4 Å². The van der Waals surface area contributed by atoms with E-state index in [0.29, 0.717) is 0 Å². The van der Waals surface area contributed by atoms with Gasteiger partial charge in [0.2, 0.25) is 0 Å². The molecule has 0 fully saturated rings. The third-order valence-corrected chi connectivity index (χ3v) is 0. The fourth-order valence-electron chi connectivity index (χ4n) is 0. The van der Waals surface area contributed by atoms with Gasteiger partial charge in [-0.15, -0.1) is 0 Å². The smallest absolute Gasteiger partial charge is 0.274 e. The van der Waals surface area contributed by atoms with E-state index in [1.807, 2.05) is 0 Å². The van der Waals surface area contributed by atoms with Crippen molar-refractivity contribution in [3.8, 4) is 0 Å². The molecule has 0 aromatic heterocycles. The van der Waals surface area contributed by atoms with E-state index in [4.69, 9.17) is 13.0 Å². The van der Waals surface area contributed by atoms with E-state index in [1.165, 1.54) is 0 Å². The van der Waals surface area contributed by atoms with E-state index < -0.39 is 10.3 Å². The van der Waals surface area contributed by atoms with E-state index in [-0.39, 0.29) is 26.2 Å². The molecule has 0 saturated carbocycles. The van der Waals surface area contributed by atoms with E-state index in [9.17, 15) is 0 Å². The fraction of sp³-hybridized carbons (Fsp3) is 0. The fourth-order valence-corrected chi connectivity index (χ4v) is 0. The molecule has 0 amide bonds.